The minimum absolute atomic E-state index is 0.0437. The normalized spacial score (nSPS) is 13.0. The van der Waals surface area contributed by atoms with E-state index in [1.54, 1.807) is 47.4 Å². The summed E-state index contributed by atoms with van der Waals surface area (Å²) < 4.78 is 29.5. The largest absolute Gasteiger partial charge is 0.348 e. The number of carbonyl (C=O) groups excluding carboxylic acids is 1. The Kier molecular flexibility index (Phi) is 7.10. The highest BCUT2D eigenvalue weighted by Crippen LogP contribution is 2.23. The zero-order valence-corrected chi connectivity index (χ0v) is 19.6. The van der Waals surface area contributed by atoms with Crippen molar-refractivity contribution in [2.75, 3.05) is 0 Å². The highest BCUT2D eigenvalue weighted by molar-refractivity contribution is 7.89. The lowest BCUT2D eigenvalue weighted by atomic mass is 9.87. The zero-order chi connectivity index (χ0) is 23.4. The quantitative estimate of drug-likeness (QED) is 0.543. The van der Waals surface area contributed by atoms with Crippen LogP contribution in [0.5, 0.6) is 0 Å². The molecule has 9 heteroatoms. The Bertz CT molecular complexity index is 1130. The monoisotopic (exact) mass is 455 g/mol. The number of sulfonamides is 1. The lowest BCUT2D eigenvalue weighted by molar-refractivity contribution is 0.0936. The highest BCUT2D eigenvalue weighted by Gasteiger charge is 2.17. The molecule has 0 fully saturated rings. The summed E-state index contributed by atoms with van der Waals surface area (Å²) in [4.78, 5) is 16.5. The maximum absolute atomic E-state index is 12.6. The molecule has 32 heavy (non-hydrogen) atoms. The standard InChI is InChI=1S/C23H29N5O3S/c1-17(14-28-16-24-15-25-28)27-22(29)19-7-5-18(6-8-19)13-26-32(30,31)21-11-9-20(10-12-21)23(2,3)4/h5-12,15-17,26H,13-14H2,1-4H3,(H,27,29). The summed E-state index contributed by atoms with van der Waals surface area (Å²) >= 11 is 0. The Labute approximate surface area is 189 Å². The number of rotatable bonds is 8. The molecular formula is C23H29N5O3S. The van der Waals surface area contributed by atoms with Crippen molar-refractivity contribution < 1.29 is 13.2 Å². The van der Waals surface area contributed by atoms with Crippen molar-refractivity contribution >= 4 is 15.9 Å². The van der Waals surface area contributed by atoms with Crippen LogP contribution >= 0.6 is 0 Å². The molecule has 0 aliphatic heterocycles. The van der Waals surface area contributed by atoms with Gasteiger partial charge in [-0.2, -0.15) is 5.10 Å². The van der Waals surface area contributed by atoms with Crippen molar-refractivity contribution in [1.82, 2.24) is 24.8 Å². The third kappa shape index (κ3) is 6.24. The minimum atomic E-state index is -3.63. The van der Waals surface area contributed by atoms with Gasteiger partial charge in [0.25, 0.3) is 5.91 Å². The van der Waals surface area contributed by atoms with Crippen LogP contribution in [0.4, 0.5) is 0 Å². The molecule has 8 nitrogen and oxygen atoms in total. The summed E-state index contributed by atoms with van der Waals surface area (Å²) in [6, 6.07) is 13.6. The molecule has 2 aromatic carbocycles. The molecule has 0 aliphatic carbocycles. The van der Waals surface area contributed by atoms with Crippen LogP contribution in [-0.4, -0.2) is 35.1 Å². The van der Waals surface area contributed by atoms with Gasteiger partial charge in [0.05, 0.1) is 11.4 Å². The van der Waals surface area contributed by atoms with Gasteiger partial charge in [0, 0.05) is 18.2 Å². The first kappa shape index (κ1) is 23.6. The number of hydrogen-bond donors (Lipinski definition) is 2. The van der Waals surface area contributed by atoms with Gasteiger partial charge < -0.3 is 5.32 Å². The molecule has 3 aromatic rings. The fourth-order valence-corrected chi connectivity index (χ4v) is 4.15. The molecule has 2 N–H and O–H groups in total. The summed E-state index contributed by atoms with van der Waals surface area (Å²) in [6.45, 7) is 8.77. The van der Waals surface area contributed by atoms with E-state index in [1.807, 2.05) is 19.1 Å². The molecule has 0 saturated heterocycles. The number of benzene rings is 2. The van der Waals surface area contributed by atoms with Crippen molar-refractivity contribution in [3.8, 4) is 0 Å². The predicted octanol–water partition coefficient (Wildman–Crippen LogP) is 2.87. The number of carbonyl (C=O) groups is 1. The van der Waals surface area contributed by atoms with Gasteiger partial charge in [0.1, 0.15) is 12.7 Å². The van der Waals surface area contributed by atoms with E-state index in [-0.39, 0.29) is 28.8 Å². The zero-order valence-electron chi connectivity index (χ0n) is 18.7. The molecule has 0 aliphatic rings. The SMILES string of the molecule is CC(Cn1cncn1)NC(=O)c1ccc(CNS(=O)(=O)c2ccc(C(C)(C)C)cc2)cc1. The maximum Gasteiger partial charge on any atom is 0.251 e. The third-order valence-corrected chi connectivity index (χ3v) is 6.44. The van der Waals surface area contributed by atoms with E-state index in [9.17, 15) is 13.2 Å². The summed E-state index contributed by atoms with van der Waals surface area (Å²) in [5, 5.41) is 6.93. The second-order valence-electron chi connectivity index (χ2n) is 8.79. The summed E-state index contributed by atoms with van der Waals surface area (Å²) in [6.07, 6.45) is 3.04. The number of aromatic nitrogens is 3. The number of nitrogens with zero attached hydrogens (tertiary/aromatic N) is 3. The van der Waals surface area contributed by atoms with E-state index in [2.05, 4.69) is 40.9 Å². The first-order valence-corrected chi connectivity index (χ1v) is 11.9. The van der Waals surface area contributed by atoms with Gasteiger partial charge in [-0.3, -0.25) is 9.48 Å². The molecule has 0 spiro atoms. The smallest absolute Gasteiger partial charge is 0.251 e. The van der Waals surface area contributed by atoms with Gasteiger partial charge >= 0.3 is 0 Å². The molecule has 3 rings (SSSR count). The van der Waals surface area contributed by atoms with Gasteiger partial charge in [0.15, 0.2) is 0 Å². The lowest BCUT2D eigenvalue weighted by Crippen LogP contribution is -2.35. The molecule has 1 unspecified atom stereocenters. The lowest BCUT2D eigenvalue weighted by Gasteiger charge is -2.19. The molecule has 1 heterocycles. The summed E-state index contributed by atoms with van der Waals surface area (Å²) in [7, 11) is -3.63. The first-order valence-electron chi connectivity index (χ1n) is 10.4. The second-order valence-corrected chi connectivity index (χ2v) is 10.6. The average molecular weight is 456 g/mol. The van der Waals surface area contributed by atoms with Crippen LogP contribution in [0.25, 0.3) is 0 Å². The second kappa shape index (κ2) is 9.62. The minimum Gasteiger partial charge on any atom is -0.348 e. The predicted molar refractivity (Wildman–Crippen MR) is 123 cm³/mol. The molecular weight excluding hydrogens is 426 g/mol. The third-order valence-electron chi connectivity index (χ3n) is 5.02. The fourth-order valence-electron chi connectivity index (χ4n) is 3.13. The van der Waals surface area contributed by atoms with Crippen molar-refractivity contribution in [3.63, 3.8) is 0 Å². The van der Waals surface area contributed by atoms with Crippen molar-refractivity contribution in [2.45, 2.75) is 57.1 Å². The number of hydrogen-bond acceptors (Lipinski definition) is 5. The highest BCUT2D eigenvalue weighted by atomic mass is 32.2. The van der Waals surface area contributed by atoms with Crippen LogP contribution in [0.1, 0.15) is 49.2 Å². The molecule has 170 valence electrons. The van der Waals surface area contributed by atoms with Crippen LogP contribution < -0.4 is 10.0 Å². The Hall–Kier alpha value is -3.04. The van der Waals surface area contributed by atoms with Gasteiger partial charge in [-0.25, -0.2) is 18.1 Å². The Morgan fingerprint density at radius 3 is 2.28 bits per heavy atom. The van der Waals surface area contributed by atoms with Crippen molar-refractivity contribution in [3.05, 3.63) is 77.9 Å². The Morgan fingerprint density at radius 2 is 1.72 bits per heavy atom. The van der Waals surface area contributed by atoms with E-state index >= 15 is 0 Å². The maximum atomic E-state index is 12.6. The van der Waals surface area contributed by atoms with E-state index in [4.69, 9.17) is 0 Å². The van der Waals surface area contributed by atoms with Crippen LogP contribution in [-0.2, 0) is 28.5 Å². The fraction of sp³-hybridized carbons (Fsp3) is 0.348. The number of nitrogens with one attached hydrogen (secondary N) is 2. The van der Waals surface area contributed by atoms with E-state index in [1.165, 1.54) is 6.33 Å². The Morgan fingerprint density at radius 1 is 1.06 bits per heavy atom. The molecule has 0 saturated carbocycles. The molecule has 0 radical (unpaired) electrons. The van der Waals surface area contributed by atoms with E-state index in [0.29, 0.717) is 12.1 Å². The van der Waals surface area contributed by atoms with Crippen LogP contribution in [0.15, 0.2) is 66.1 Å². The molecule has 1 aromatic heterocycles. The van der Waals surface area contributed by atoms with Crippen LogP contribution in [0, 0.1) is 0 Å². The topological polar surface area (TPSA) is 106 Å². The average Bonchev–Trinajstić information content (AvgIpc) is 3.25. The van der Waals surface area contributed by atoms with E-state index < -0.39 is 10.0 Å². The van der Waals surface area contributed by atoms with Gasteiger partial charge in [-0.05, 0) is 47.7 Å². The van der Waals surface area contributed by atoms with Gasteiger partial charge in [-0.1, -0.05) is 45.0 Å². The van der Waals surface area contributed by atoms with Crippen molar-refractivity contribution in [2.24, 2.45) is 0 Å². The summed E-state index contributed by atoms with van der Waals surface area (Å²) in [5.41, 5.74) is 2.28. The molecule has 0 bridgehead atoms. The van der Waals surface area contributed by atoms with Crippen molar-refractivity contribution in [1.29, 1.82) is 0 Å². The summed E-state index contributed by atoms with van der Waals surface area (Å²) in [5.74, 6) is -0.205. The van der Waals surface area contributed by atoms with Crippen LogP contribution in [0.2, 0.25) is 0 Å². The van der Waals surface area contributed by atoms with E-state index in [0.717, 1.165) is 11.1 Å². The first-order chi connectivity index (χ1) is 15.0. The van der Waals surface area contributed by atoms with Gasteiger partial charge in [-0.15, -0.1) is 0 Å². The van der Waals surface area contributed by atoms with Gasteiger partial charge in [0.2, 0.25) is 10.0 Å². The van der Waals surface area contributed by atoms with Crippen LogP contribution in [0.3, 0.4) is 0 Å². The molecule has 1 atom stereocenters. The number of amides is 1. The molecule has 1 amide bonds. The Balaban J connectivity index is 1.56.